The van der Waals surface area contributed by atoms with Gasteiger partial charge in [-0.2, -0.15) is 0 Å². The van der Waals surface area contributed by atoms with E-state index in [1.165, 1.54) is 18.2 Å². The van der Waals surface area contributed by atoms with Crippen molar-refractivity contribution in [3.63, 3.8) is 0 Å². The molecule has 0 bridgehead atoms. The van der Waals surface area contributed by atoms with Crippen molar-refractivity contribution in [3.05, 3.63) is 42.0 Å². The van der Waals surface area contributed by atoms with Gasteiger partial charge in [0.25, 0.3) is 0 Å². The molecular weight excluding hydrogens is 484 g/mol. The smallest absolute Gasteiger partial charge is 0.405 e. The highest BCUT2D eigenvalue weighted by Crippen LogP contribution is 2.13. The molecule has 0 spiro atoms. The van der Waals surface area contributed by atoms with E-state index in [1.54, 1.807) is 39.8 Å². The summed E-state index contributed by atoms with van der Waals surface area (Å²) in [7, 11) is 0. The second-order valence-corrected chi connectivity index (χ2v) is 9.44. The maximum Gasteiger partial charge on any atom is 0.405 e. The number of aromatic hydroxyl groups is 1. The first-order chi connectivity index (χ1) is 17.4. The van der Waals surface area contributed by atoms with Crippen LogP contribution in [0.3, 0.4) is 0 Å². The van der Waals surface area contributed by atoms with Gasteiger partial charge < -0.3 is 36.2 Å². The van der Waals surface area contributed by atoms with Gasteiger partial charge in [-0.1, -0.05) is 45.9 Å². The van der Waals surface area contributed by atoms with E-state index < -0.39 is 54.0 Å². The highest BCUT2D eigenvalue weighted by molar-refractivity contribution is 5.95. The van der Waals surface area contributed by atoms with Gasteiger partial charge in [-0.3, -0.25) is 14.4 Å². The number of carboxylic acid groups (broad SMARTS) is 1. The molecule has 4 amide bonds. The monoisotopic (exact) mass is 518 g/mol. The van der Waals surface area contributed by atoms with Crippen molar-refractivity contribution in [2.75, 3.05) is 6.61 Å². The Labute approximate surface area is 214 Å². The van der Waals surface area contributed by atoms with E-state index in [1.807, 2.05) is 0 Å². The Bertz CT molecular complexity index is 1020. The van der Waals surface area contributed by atoms with E-state index >= 15 is 0 Å². The number of amides is 4. The minimum absolute atomic E-state index is 0.0408. The summed E-state index contributed by atoms with van der Waals surface area (Å²) in [5, 5.41) is 28.5. The lowest BCUT2D eigenvalue weighted by atomic mass is 10.0. The predicted octanol–water partition coefficient (Wildman–Crippen LogP) is 0.450. The van der Waals surface area contributed by atoms with Crippen molar-refractivity contribution in [1.82, 2.24) is 21.3 Å². The van der Waals surface area contributed by atoms with E-state index in [4.69, 9.17) is 9.84 Å². The number of rotatable bonds is 7. The van der Waals surface area contributed by atoms with Crippen LogP contribution in [-0.2, 0) is 30.3 Å². The number of phenolic OH excluding ortho intramolecular Hbond substituents is 1. The standard InChI is InChI=1S/C25H34N4O8/c1-13(2)20-23(33)27-18(11-15-5-8-17(30)9-6-15)24(34)37-12-16(7-10-19(31)28-20)26-22(32)21(14(3)4)29-25(35)36/h5-10,13-14,16,18,20-21,29-30H,11-12H2,1-4H3,(H,26,32)(H,27,33)(H,28,31)(H,35,36)/b10-7+/t16-,18+,20+,21+/m1/s1. The second-order valence-electron chi connectivity index (χ2n) is 9.44. The minimum Gasteiger partial charge on any atom is -0.508 e. The summed E-state index contributed by atoms with van der Waals surface area (Å²) >= 11 is 0. The summed E-state index contributed by atoms with van der Waals surface area (Å²) < 4.78 is 5.40. The Morgan fingerprint density at radius 2 is 1.73 bits per heavy atom. The van der Waals surface area contributed by atoms with Gasteiger partial charge >= 0.3 is 12.1 Å². The molecule has 0 fully saturated rings. The fourth-order valence-corrected chi connectivity index (χ4v) is 3.62. The van der Waals surface area contributed by atoms with Crippen molar-refractivity contribution in [2.24, 2.45) is 11.8 Å². The zero-order valence-corrected chi connectivity index (χ0v) is 21.2. The van der Waals surface area contributed by atoms with E-state index in [-0.39, 0.29) is 30.6 Å². The number of hydrogen-bond donors (Lipinski definition) is 6. The van der Waals surface area contributed by atoms with Crippen molar-refractivity contribution < 1.29 is 38.9 Å². The molecule has 0 radical (unpaired) electrons. The molecule has 37 heavy (non-hydrogen) atoms. The molecule has 0 saturated heterocycles. The first-order valence-electron chi connectivity index (χ1n) is 11.9. The molecule has 6 N–H and O–H groups in total. The van der Waals surface area contributed by atoms with Gasteiger partial charge in [0, 0.05) is 12.5 Å². The van der Waals surface area contributed by atoms with Crippen LogP contribution in [0.2, 0.25) is 0 Å². The van der Waals surface area contributed by atoms with E-state index in [0.29, 0.717) is 5.56 Å². The van der Waals surface area contributed by atoms with Crippen molar-refractivity contribution in [2.45, 2.75) is 58.3 Å². The zero-order chi connectivity index (χ0) is 27.7. The van der Waals surface area contributed by atoms with Gasteiger partial charge in [0.1, 0.15) is 30.5 Å². The van der Waals surface area contributed by atoms with E-state index in [2.05, 4.69) is 21.3 Å². The summed E-state index contributed by atoms with van der Waals surface area (Å²) in [6.45, 7) is 6.41. The molecule has 0 aliphatic carbocycles. The van der Waals surface area contributed by atoms with E-state index in [0.717, 1.165) is 6.08 Å². The summed E-state index contributed by atoms with van der Waals surface area (Å²) in [5.41, 5.74) is 0.640. The quantitative estimate of drug-likeness (QED) is 0.281. The molecule has 12 heteroatoms. The van der Waals surface area contributed by atoms with Gasteiger partial charge in [0.2, 0.25) is 17.7 Å². The Hall–Kier alpha value is -4.09. The number of carbonyl (C=O) groups is 5. The van der Waals surface area contributed by atoms with Crippen LogP contribution in [0.1, 0.15) is 33.3 Å². The van der Waals surface area contributed by atoms with Crippen molar-refractivity contribution in [3.8, 4) is 5.75 Å². The van der Waals surface area contributed by atoms with Crippen LogP contribution in [0.15, 0.2) is 36.4 Å². The highest BCUT2D eigenvalue weighted by atomic mass is 16.5. The first kappa shape index (κ1) is 29.1. The number of esters is 1. The summed E-state index contributed by atoms with van der Waals surface area (Å²) in [6, 6.07) is 1.98. The normalized spacial score (nSPS) is 22.5. The summed E-state index contributed by atoms with van der Waals surface area (Å²) in [6.07, 6.45) is 1.10. The number of cyclic esters (lactones) is 1. The lowest BCUT2D eigenvalue weighted by Gasteiger charge is -2.27. The number of phenols is 1. The average molecular weight is 519 g/mol. The lowest BCUT2D eigenvalue weighted by Crippen LogP contribution is -2.55. The topological polar surface area (TPSA) is 183 Å². The Morgan fingerprint density at radius 3 is 2.30 bits per heavy atom. The third-order valence-corrected chi connectivity index (χ3v) is 5.66. The fraction of sp³-hybridized carbons (Fsp3) is 0.480. The number of carbonyl (C=O) groups excluding carboxylic acids is 4. The van der Waals surface area contributed by atoms with Crippen LogP contribution < -0.4 is 21.3 Å². The lowest BCUT2D eigenvalue weighted by molar-refractivity contribution is -0.149. The van der Waals surface area contributed by atoms with Gasteiger partial charge in [-0.15, -0.1) is 0 Å². The van der Waals surface area contributed by atoms with Gasteiger partial charge in [0.15, 0.2) is 0 Å². The van der Waals surface area contributed by atoms with Gasteiger partial charge in [-0.25, -0.2) is 9.59 Å². The van der Waals surface area contributed by atoms with Crippen LogP contribution in [0.5, 0.6) is 5.75 Å². The molecule has 1 heterocycles. The summed E-state index contributed by atoms with van der Waals surface area (Å²) in [4.78, 5) is 62.3. The molecule has 0 unspecified atom stereocenters. The Morgan fingerprint density at radius 1 is 1.08 bits per heavy atom. The zero-order valence-electron chi connectivity index (χ0n) is 21.2. The average Bonchev–Trinajstić information content (AvgIpc) is 2.82. The SMILES string of the molecule is CC(C)[C@H](NC(=O)O)C(=O)N[C@@H]1/C=C/C(=O)N[C@@H](C(C)C)C(=O)N[C@@H](Cc2ccc(O)cc2)C(=O)OC1. The van der Waals surface area contributed by atoms with Gasteiger partial charge in [0.05, 0.1) is 6.04 Å². The second kappa shape index (κ2) is 13.3. The molecule has 1 aromatic carbocycles. The molecule has 12 nitrogen and oxygen atoms in total. The molecular formula is C25H34N4O8. The maximum atomic E-state index is 13.0. The minimum atomic E-state index is -1.37. The number of benzene rings is 1. The number of ether oxygens (including phenoxy) is 1. The van der Waals surface area contributed by atoms with Crippen LogP contribution in [0.4, 0.5) is 4.79 Å². The highest BCUT2D eigenvalue weighted by Gasteiger charge is 2.31. The molecule has 2 rings (SSSR count). The van der Waals surface area contributed by atoms with Crippen molar-refractivity contribution in [1.29, 1.82) is 0 Å². The summed E-state index contributed by atoms with van der Waals surface area (Å²) in [5.74, 6) is -3.25. The predicted molar refractivity (Wildman–Crippen MR) is 132 cm³/mol. The molecule has 1 aromatic rings. The molecule has 0 aromatic heterocycles. The van der Waals surface area contributed by atoms with Crippen molar-refractivity contribution >= 4 is 29.8 Å². The molecule has 4 atom stereocenters. The van der Waals surface area contributed by atoms with Crippen LogP contribution >= 0.6 is 0 Å². The Kier molecular flexibility index (Phi) is 10.5. The Balaban J connectivity index is 2.32. The number of hydrogen-bond acceptors (Lipinski definition) is 7. The fourth-order valence-electron chi connectivity index (χ4n) is 3.62. The first-order valence-corrected chi connectivity index (χ1v) is 11.9. The van der Waals surface area contributed by atoms with Crippen LogP contribution in [0.25, 0.3) is 0 Å². The largest absolute Gasteiger partial charge is 0.508 e. The third-order valence-electron chi connectivity index (χ3n) is 5.66. The van der Waals surface area contributed by atoms with E-state index in [9.17, 15) is 29.1 Å². The molecule has 1 aliphatic heterocycles. The van der Waals surface area contributed by atoms with Crippen LogP contribution in [0, 0.1) is 11.8 Å². The van der Waals surface area contributed by atoms with Crippen LogP contribution in [-0.4, -0.2) is 70.8 Å². The number of nitrogens with one attached hydrogen (secondary N) is 4. The maximum absolute atomic E-state index is 13.0. The molecule has 0 saturated carbocycles. The molecule has 202 valence electrons. The third kappa shape index (κ3) is 9.13. The molecule has 1 aliphatic rings. The van der Waals surface area contributed by atoms with Gasteiger partial charge in [-0.05, 0) is 29.5 Å².